The lowest BCUT2D eigenvalue weighted by atomic mass is 9.55. The smallest absolute Gasteiger partial charge is 0.238 e. The Labute approximate surface area is 175 Å². The molecule has 2 amide bonds. The highest BCUT2D eigenvalue weighted by Crippen LogP contribution is 2.61. The Kier molecular flexibility index (Phi) is 3.66. The molecule has 0 saturated carbocycles. The van der Waals surface area contributed by atoms with E-state index in [2.05, 4.69) is 24.3 Å². The Morgan fingerprint density at radius 1 is 0.700 bits per heavy atom. The highest BCUT2D eigenvalue weighted by molar-refractivity contribution is 6.23. The lowest BCUT2D eigenvalue weighted by Crippen LogP contribution is -2.41. The number of rotatable bonds is 3. The van der Waals surface area contributed by atoms with Gasteiger partial charge in [-0.25, -0.2) is 4.90 Å². The monoisotopic (exact) mass is 395 g/mol. The molecule has 4 nitrogen and oxygen atoms in total. The number of benzene rings is 3. The van der Waals surface area contributed by atoms with Crippen molar-refractivity contribution in [1.29, 1.82) is 0 Å². The first-order valence-electron chi connectivity index (χ1n) is 10.5. The Morgan fingerprint density at radius 2 is 1.13 bits per heavy atom. The van der Waals surface area contributed by atoms with E-state index in [1.807, 2.05) is 43.3 Å². The van der Waals surface area contributed by atoms with Crippen molar-refractivity contribution in [2.24, 2.45) is 11.8 Å². The molecule has 148 valence electrons. The Balaban J connectivity index is 1.49. The minimum atomic E-state index is -0.348. The maximum absolute atomic E-state index is 13.6. The first-order valence-corrected chi connectivity index (χ1v) is 10.5. The highest BCUT2D eigenvalue weighted by Gasteiger charge is 2.61. The number of imide groups is 1. The van der Waals surface area contributed by atoms with Crippen LogP contribution in [0.25, 0.3) is 0 Å². The molecule has 1 unspecified atom stereocenters. The summed E-state index contributed by atoms with van der Waals surface area (Å²) in [5, 5.41) is 0. The molecule has 0 N–H and O–H groups in total. The predicted molar refractivity (Wildman–Crippen MR) is 114 cm³/mol. The van der Waals surface area contributed by atoms with E-state index in [1.165, 1.54) is 27.2 Å². The molecule has 3 aromatic carbocycles. The van der Waals surface area contributed by atoms with E-state index in [-0.39, 0.29) is 35.5 Å². The van der Waals surface area contributed by atoms with Gasteiger partial charge in [-0.05, 0) is 53.4 Å². The van der Waals surface area contributed by atoms with Crippen molar-refractivity contribution in [2.75, 3.05) is 11.5 Å². The lowest BCUT2D eigenvalue weighted by molar-refractivity contribution is -0.122. The quantitative estimate of drug-likeness (QED) is 0.614. The van der Waals surface area contributed by atoms with E-state index in [9.17, 15) is 9.59 Å². The van der Waals surface area contributed by atoms with Crippen molar-refractivity contribution >= 4 is 17.5 Å². The second-order valence-corrected chi connectivity index (χ2v) is 8.20. The zero-order valence-corrected chi connectivity index (χ0v) is 16.6. The van der Waals surface area contributed by atoms with Gasteiger partial charge in [-0.2, -0.15) is 0 Å². The topological polar surface area (TPSA) is 46.6 Å². The SMILES string of the molecule is CCOc1ccc(N2C(=O)C3C4c5ccccc5C(c5ccccc54)[C@H]3C2=O)cc1. The largest absolute Gasteiger partial charge is 0.494 e. The molecular weight excluding hydrogens is 374 g/mol. The number of nitrogens with zero attached hydrogens (tertiary/aromatic N) is 1. The van der Waals surface area contributed by atoms with Crippen LogP contribution in [0.1, 0.15) is 41.0 Å². The molecule has 30 heavy (non-hydrogen) atoms. The molecule has 1 fully saturated rings. The molecule has 4 aliphatic rings. The normalized spacial score (nSPS) is 25.7. The molecule has 2 bridgehead atoms. The zero-order valence-electron chi connectivity index (χ0n) is 16.6. The molecule has 1 saturated heterocycles. The molecule has 3 aromatic rings. The first-order chi connectivity index (χ1) is 14.7. The maximum Gasteiger partial charge on any atom is 0.238 e. The van der Waals surface area contributed by atoms with Crippen molar-refractivity contribution < 1.29 is 14.3 Å². The first kappa shape index (κ1) is 17.5. The van der Waals surface area contributed by atoms with Gasteiger partial charge in [-0.1, -0.05) is 48.5 Å². The van der Waals surface area contributed by atoms with Crippen LogP contribution in [0.15, 0.2) is 72.8 Å². The van der Waals surface area contributed by atoms with Gasteiger partial charge < -0.3 is 4.74 Å². The van der Waals surface area contributed by atoms with E-state index in [0.717, 1.165) is 5.75 Å². The third kappa shape index (κ3) is 2.16. The van der Waals surface area contributed by atoms with Crippen LogP contribution in [0.5, 0.6) is 5.75 Å². The van der Waals surface area contributed by atoms with Gasteiger partial charge in [0.15, 0.2) is 0 Å². The Hall–Kier alpha value is -3.40. The number of carbonyl (C=O) groups is 2. The van der Waals surface area contributed by atoms with E-state index >= 15 is 0 Å². The van der Waals surface area contributed by atoms with Gasteiger partial charge in [-0.3, -0.25) is 9.59 Å². The van der Waals surface area contributed by atoms with Crippen molar-refractivity contribution in [3.05, 3.63) is 95.1 Å². The number of hydrogen-bond donors (Lipinski definition) is 0. The van der Waals surface area contributed by atoms with Crippen LogP contribution in [0.4, 0.5) is 5.69 Å². The van der Waals surface area contributed by atoms with Gasteiger partial charge in [0, 0.05) is 11.8 Å². The van der Waals surface area contributed by atoms with Gasteiger partial charge in [0.25, 0.3) is 0 Å². The summed E-state index contributed by atoms with van der Waals surface area (Å²) < 4.78 is 5.51. The molecule has 7 rings (SSSR count). The van der Waals surface area contributed by atoms with Crippen molar-refractivity contribution in [2.45, 2.75) is 18.8 Å². The van der Waals surface area contributed by atoms with Crippen molar-refractivity contribution in [3.63, 3.8) is 0 Å². The number of carbonyl (C=O) groups excluding carboxylic acids is 2. The number of anilines is 1. The van der Waals surface area contributed by atoms with Crippen LogP contribution in [0, 0.1) is 11.8 Å². The van der Waals surface area contributed by atoms with Gasteiger partial charge in [-0.15, -0.1) is 0 Å². The average molecular weight is 395 g/mol. The van der Waals surface area contributed by atoms with Crippen LogP contribution in [0.2, 0.25) is 0 Å². The minimum Gasteiger partial charge on any atom is -0.494 e. The van der Waals surface area contributed by atoms with Gasteiger partial charge in [0.1, 0.15) is 5.75 Å². The molecule has 0 aromatic heterocycles. The lowest BCUT2D eigenvalue weighted by Gasteiger charge is -2.45. The zero-order chi connectivity index (χ0) is 20.4. The molecule has 1 aliphatic heterocycles. The molecule has 2 atom stereocenters. The third-order valence-corrected chi connectivity index (χ3v) is 6.85. The summed E-state index contributed by atoms with van der Waals surface area (Å²) in [6.45, 7) is 2.50. The predicted octanol–water partition coefficient (Wildman–Crippen LogP) is 4.48. The Morgan fingerprint density at radius 3 is 1.53 bits per heavy atom. The summed E-state index contributed by atoms with van der Waals surface area (Å²) in [5.41, 5.74) is 5.39. The van der Waals surface area contributed by atoms with E-state index in [0.29, 0.717) is 12.3 Å². The summed E-state index contributed by atoms with van der Waals surface area (Å²) in [4.78, 5) is 28.7. The van der Waals surface area contributed by atoms with E-state index in [1.54, 1.807) is 12.1 Å². The van der Waals surface area contributed by atoms with E-state index in [4.69, 9.17) is 4.74 Å². The molecule has 0 spiro atoms. The highest BCUT2D eigenvalue weighted by atomic mass is 16.5. The number of amides is 2. The second-order valence-electron chi connectivity index (χ2n) is 8.20. The van der Waals surface area contributed by atoms with Gasteiger partial charge in [0.05, 0.1) is 24.1 Å². The van der Waals surface area contributed by atoms with Crippen molar-refractivity contribution in [1.82, 2.24) is 0 Å². The van der Waals surface area contributed by atoms with Gasteiger partial charge in [0.2, 0.25) is 11.8 Å². The standard InChI is InChI=1S/C26H21NO3/c1-2-30-16-13-11-15(12-14-16)27-25(28)23-21-17-7-3-4-8-18(17)22(24(23)26(27)29)20-10-6-5-9-19(20)21/h3-14,21-24H,2H2,1H3/t21?,22?,23-,24?/m1/s1. The summed E-state index contributed by atoms with van der Waals surface area (Å²) in [6.07, 6.45) is 0. The fraction of sp³-hybridized carbons (Fsp3) is 0.231. The molecule has 3 aliphatic carbocycles. The number of ether oxygens (including phenoxy) is 1. The van der Waals surface area contributed by atoms with Crippen LogP contribution < -0.4 is 9.64 Å². The summed E-state index contributed by atoms with van der Waals surface area (Å²) >= 11 is 0. The molecular formula is C26H21NO3. The van der Waals surface area contributed by atoms with Crippen molar-refractivity contribution in [3.8, 4) is 5.75 Å². The fourth-order valence-corrected chi connectivity index (χ4v) is 5.79. The minimum absolute atomic E-state index is 0.0726. The average Bonchev–Trinajstić information content (AvgIpc) is 3.05. The molecule has 4 heteroatoms. The summed E-state index contributed by atoms with van der Waals surface area (Å²) in [7, 11) is 0. The molecule has 1 heterocycles. The van der Waals surface area contributed by atoms with Crippen LogP contribution in [-0.2, 0) is 9.59 Å². The summed E-state index contributed by atoms with van der Waals surface area (Å²) in [6, 6.07) is 23.9. The van der Waals surface area contributed by atoms with Crippen LogP contribution in [0.3, 0.4) is 0 Å². The van der Waals surface area contributed by atoms with E-state index < -0.39 is 0 Å². The second kappa shape index (κ2) is 6.30. The summed E-state index contributed by atoms with van der Waals surface area (Å²) in [5.74, 6) is -0.287. The number of hydrogen-bond acceptors (Lipinski definition) is 3. The Bertz CT molecular complexity index is 1070. The van der Waals surface area contributed by atoms with Crippen LogP contribution >= 0.6 is 0 Å². The maximum atomic E-state index is 13.6. The van der Waals surface area contributed by atoms with Crippen LogP contribution in [-0.4, -0.2) is 18.4 Å². The van der Waals surface area contributed by atoms with Gasteiger partial charge >= 0.3 is 0 Å². The third-order valence-electron chi connectivity index (χ3n) is 6.85. The fourth-order valence-electron chi connectivity index (χ4n) is 5.79. The molecule has 0 radical (unpaired) electrons.